The van der Waals surface area contributed by atoms with Crippen LogP contribution < -0.4 is 5.32 Å². The van der Waals surface area contributed by atoms with Crippen molar-refractivity contribution >= 4 is 17.8 Å². The molecule has 2 amide bonds. The van der Waals surface area contributed by atoms with Gasteiger partial charge in [-0.3, -0.25) is 14.4 Å². The Kier molecular flexibility index (Phi) is 13.0. The summed E-state index contributed by atoms with van der Waals surface area (Å²) in [7, 11) is 0. The molecule has 1 unspecified atom stereocenters. The molecule has 36 heavy (non-hydrogen) atoms. The minimum atomic E-state index is -0.592. The number of ether oxygens (including phenoxy) is 1. The van der Waals surface area contributed by atoms with Gasteiger partial charge < -0.3 is 20.1 Å². The fraction of sp³-hybridized carbons (Fsp3) is 0.552. The fourth-order valence-corrected chi connectivity index (χ4v) is 4.61. The largest absolute Gasteiger partial charge is 0.463 e. The molecular weight excluding hydrogens is 456 g/mol. The molecule has 2 N–H and O–H groups in total. The molecule has 7 heteroatoms. The van der Waals surface area contributed by atoms with Crippen LogP contribution in [-0.4, -0.2) is 53.1 Å². The van der Waals surface area contributed by atoms with Crippen molar-refractivity contribution < 1.29 is 24.2 Å². The number of nitrogens with zero attached hydrogens (tertiary/aromatic N) is 1. The number of aliphatic hydroxyl groups is 1. The van der Waals surface area contributed by atoms with Crippen molar-refractivity contribution in [3.8, 4) is 0 Å². The van der Waals surface area contributed by atoms with Crippen molar-refractivity contribution in [2.45, 2.75) is 76.3 Å². The highest BCUT2D eigenvalue weighted by Crippen LogP contribution is 2.31. The second kappa shape index (κ2) is 15.9. The molecule has 0 heterocycles. The number of nitrogens with one attached hydrogen (secondary N) is 1. The number of carbonyl (C=O) groups is 3. The average molecular weight is 499 g/mol. The summed E-state index contributed by atoms with van der Waals surface area (Å²) in [5.74, 6) is -1.26. The Morgan fingerprint density at radius 3 is 2.47 bits per heavy atom. The summed E-state index contributed by atoms with van der Waals surface area (Å²) in [6.45, 7) is 8.02. The molecule has 2 rings (SSSR count). The molecule has 0 aromatic heterocycles. The van der Waals surface area contributed by atoms with E-state index in [-0.39, 0.29) is 44.0 Å². The average Bonchev–Trinajstić information content (AvgIpc) is 3.34. The fourth-order valence-electron chi connectivity index (χ4n) is 4.61. The number of amides is 2. The molecule has 1 aromatic rings. The minimum absolute atomic E-state index is 0.0177. The summed E-state index contributed by atoms with van der Waals surface area (Å²) in [5.41, 5.74) is 0.366. The van der Waals surface area contributed by atoms with Crippen molar-refractivity contribution in [3.63, 3.8) is 0 Å². The highest BCUT2D eigenvalue weighted by molar-refractivity contribution is 5.86. The number of hydrogen-bond donors (Lipinski definition) is 2. The Labute approximate surface area is 215 Å². The summed E-state index contributed by atoms with van der Waals surface area (Å²) in [6.07, 6.45) is 10.1. The van der Waals surface area contributed by atoms with Crippen molar-refractivity contribution in [2.24, 2.45) is 5.92 Å². The smallest absolute Gasteiger partial charge is 0.305 e. The van der Waals surface area contributed by atoms with E-state index in [2.05, 4.69) is 18.5 Å². The standard InChI is InChI=1S/C29H42N2O5/c1-3-5-6-10-16-27(34)36-23-29(17-11-12-18-29)30-28(35)25(13-4-2)21-26(33)31(19-20-32)22-24-14-8-7-9-15-24/h3-4,7-9,14-15,25,32H,1-2,5-6,10-13,16-23H2,(H,30,35). The van der Waals surface area contributed by atoms with Crippen LogP contribution in [0.25, 0.3) is 0 Å². The van der Waals surface area contributed by atoms with Crippen molar-refractivity contribution in [2.75, 3.05) is 19.8 Å². The second-order valence-corrected chi connectivity index (χ2v) is 9.62. The van der Waals surface area contributed by atoms with E-state index in [0.29, 0.717) is 19.4 Å². The summed E-state index contributed by atoms with van der Waals surface area (Å²) < 4.78 is 5.57. The number of aliphatic hydroxyl groups excluding tert-OH is 1. The number of hydrogen-bond acceptors (Lipinski definition) is 5. The van der Waals surface area contributed by atoms with Gasteiger partial charge in [-0.25, -0.2) is 0 Å². The third kappa shape index (κ3) is 9.97. The van der Waals surface area contributed by atoms with Crippen LogP contribution >= 0.6 is 0 Å². The summed E-state index contributed by atoms with van der Waals surface area (Å²) in [6, 6.07) is 9.57. The van der Waals surface area contributed by atoms with Crippen molar-refractivity contribution in [1.82, 2.24) is 10.2 Å². The minimum Gasteiger partial charge on any atom is -0.463 e. The maximum absolute atomic E-state index is 13.3. The molecule has 1 fully saturated rings. The molecular formula is C29H42N2O5. The quantitative estimate of drug-likeness (QED) is 0.190. The Bertz CT molecular complexity index is 848. The molecule has 1 aliphatic carbocycles. The van der Waals surface area contributed by atoms with Gasteiger partial charge in [0.25, 0.3) is 0 Å². The van der Waals surface area contributed by atoms with Crippen LogP contribution in [0.3, 0.4) is 0 Å². The highest BCUT2D eigenvalue weighted by atomic mass is 16.5. The van der Waals surface area contributed by atoms with Gasteiger partial charge in [-0.1, -0.05) is 55.3 Å². The van der Waals surface area contributed by atoms with Crippen molar-refractivity contribution in [3.05, 3.63) is 61.2 Å². The number of rotatable bonds is 17. The lowest BCUT2D eigenvalue weighted by Crippen LogP contribution is -2.52. The molecule has 198 valence electrons. The maximum Gasteiger partial charge on any atom is 0.305 e. The van der Waals surface area contributed by atoms with Crippen LogP contribution in [0, 0.1) is 5.92 Å². The van der Waals surface area contributed by atoms with E-state index in [1.807, 2.05) is 36.4 Å². The Morgan fingerprint density at radius 2 is 1.83 bits per heavy atom. The molecule has 0 aliphatic heterocycles. The van der Waals surface area contributed by atoms with Gasteiger partial charge >= 0.3 is 5.97 Å². The number of benzene rings is 1. The van der Waals surface area contributed by atoms with Gasteiger partial charge in [0.15, 0.2) is 0 Å². The molecule has 0 saturated heterocycles. The van der Waals surface area contributed by atoms with Gasteiger partial charge in [0.05, 0.1) is 18.1 Å². The van der Waals surface area contributed by atoms with Crippen LogP contribution in [0.5, 0.6) is 0 Å². The molecule has 1 saturated carbocycles. The van der Waals surface area contributed by atoms with E-state index in [1.54, 1.807) is 11.0 Å². The maximum atomic E-state index is 13.3. The zero-order chi connectivity index (χ0) is 26.2. The summed E-state index contributed by atoms with van der Waals surface area (Å²) >= 11 is 0. The first kappa shape index (κ1) is 29.3. The van der Waals surface area contributed by atoms with E-state index >= 15 is 0 Å². The van der Waals surface area contributed by atoms with Gasteiger partial charge in [0, 0.05) is 25.9 Å². The number of carbonyl (C=O) groups excluding carboxylic acids is 3. The highest BCUT2D eigenvalue weighted by Gasteiger charge is 2.38. The van der Waals surface area contributed by atoms with E-state index in [0.717, 1.165) is 50.5 Å². The molecule has 0 spiro atoms. The lowest BCUT2D eigenvalue weighted by atomic mass is 9.94. The van der Waals surface area contributed by atoms with Crippen LogP contribution in [0.4, 0.5) is 0 Å². The van der Waals surface area contributed by atoms with Gasteiger partial charge in [0.1, 0.15) is 6.61 Å². The Hall–Kier alpha value is -2.93. The predicted molar refractivity (Wildman–Crippen MR) is 141 cm³/mol. The summed E-state index contributed by atoms with van der Waals surface area (Å²) in [4.78, 5) is 40.3. The Balaban J connectivity index is 1.99. The van der Waals surface area contributed by atoms with Crippen LogP contribution in [0.1, 0.15) is 69.8 Å². The summed E-state index contributed by atoms with van der Waals surface area (Å²) in [5, 5.41) is 12.6. The normalized spacial score (nSPS) is 15.0. The van der Waals surface area contributed by atoms with Gasteiger partial charge in [-0.05, 0) is 44.1 Å². The SMILES string of the molecule is C=CCCCCC(=O)OCC1(NC(=O)C(CC=C)CC(=O)N(CCO)Cc2ccccc2)CCCC1. The third-order valence-electron chi connectivity index (χ3n) is 6.68. The molecule has 7 nitrogen and oxygen atoms in total. The zero-order valence-electron chi connectivity index (χ0n) is 21.5. The first-order valence-corrected chi connectivity index (χ1v) is 13.0. The van der Waals surface area contributed by atoms with Crippen LogP contribution in [0.2, 0.25) is 0 Å². The third-order valence-corrected chi connectivity index (χ3v) is 6.68. The van der Waals surface area contributed by atoms with Crippen LogP contribution in [-0.2, 0) is 25.7 Å². The number of unbranched alkanes of at least 4 members (excludes halogenated alkanes) is 2. The number of esters is 1. The van der Waals surface area contributed by atoms with Gasteiger partial charge in [-0.2, -0.15) is 0 Å². The molecule has 1 atom stereocenters. The predicted octanol–water partition coefficient (Wildman–Crippen LogP) is 4.31. The lowest BCUT2D eigenvalue weighted by molar-refractivity contribution is -0.147. The monoisotopic (exact) mass is 498 g/mol. The molecule has 0 bridgehead atoms. The first-order chi connectivity index (χ1) is 17.4. The van der Waals surface area contributed by atoms with E-state index in [1.165, 1.54) is 0 Å². The lowest BCUT2D eigenvalue weighted by Gasteiger charge is -2.32. The van der Waals surface area contributed by atoms with E-state index in [4.69, 9.17) is 4.74 Å². The van der Waals surface area contributed by atoms with E-state index in [9.17, 15) is 19.5 Å². The zero-order valence-corrected chi connectivity index (χ0v) is 21.5. The first-order valence-electron chi connectivity index (χ1n) is 13.0. The topological polar surface area (TPSA) is 95.9 Å². The molecule has 1 aliphatic rings. The van der Waals surface area contributed by atoms with Crippen molar-refractivity contribution in [1.29, 1.82) is 0 Å². The Morgan fingerprint density at radius 1 is 1.11 bits per heavy atom. The van der Waals surface area contributed by atoms with E-state index < -0.39 is 11.5 Å². The van der Waals surface area contributed by atoms with Gasteiger partial charge in [0.2, 0.25) is 11.8 Å². The second-order valence-electron chi connectivity index (χ2n) is 9.62. The number of allylic oxidation sites excluding steroid dienone is 2. The van der Waals surface area contributed by atoms with Gasteiger partial charge in [-0.15, -0.1) is 13.2 Å². The van der Waals surface area contributed by atoms with Crippen LogP contribution in [0.15, 0.2) is 55.6 Å². The molecule has 1 aromatic carbocycles. The molecule has 0 radical (unpaired) electrons.